The third kappa shape index (κ3) is 4.54. The monoisotopic (exact) mass is 264 g/mol. The van der Waals surface area contributed by atoms with E-state index in [0.29, 0.717) is 11.5 Å². The van der Waals surface area contributed by atoms with Crippen molar-refractivity contribution in [3.8, 4) is 0 Å². The zero-order chi connectivity index (χ0) is 14.6. The summed E-state index contributed by atoms with van der Waals surface area (Å²) in [7, 11) is 1.96. The van der Waals surface area contributed by atoms with E-state index in [4.69, 9.17) is 5.11 Å². The number of nitrogens with zero attached hydrogens (tertiary/aromatic N) is 2. The Bertz CT molecular complexity index is 442. The van der Waals surface area contributed by atoms with Crippen molar-refractivity contribution in [2.45, 2.75) is 40.0 Å². The first kappa shape index (κ1) is 15.5. The number of aromatic nitrogens is 1. The predicted molar refractivity (Wildman–Crippen MR) is 78.0 cm³/mol. The molecule has 0 saturated carbocycles. The minimum atomic E-state index is -0.900. The van der Waals surface area contributed by atoms with Crippen molar-refractivity contribution in [3.05, 3.63) is 23.4 Å². The molecule has 0 bridgehead atoms. The maximum absolute atomic E-state index is 11.2. The van der Waals surface area contributed by atoms with E-state index in [0.717, 1.165) is 24.5 Å². The molecule has 0 aliphatic heterocycles. The van der Waals surface area contributed by atoms with Crippen LogP contribution in [0.1, 0.15) is 56.1 Å². The van der Waals surface area contributed by atoms with Crippen LogP contribution in [0.15, 0.2) is 12.1 Å². The molecule has 0 atom stereocenters. The normalized spacial score (nSPS) is 11.1. The molecule has 1 aromatic heterocycles. The maximum atomic E-state index is 11.2. The Balaban J connectivity index is 3.01. The van der Waals surface area contributed by atoms with Gasteiger partial charge in [-0.05, 0) is 30.4 Å². The topological polar surface area (TPSA) is 53.4 Å². The molecule has 1 rings (SSSR count). The Kier molecular flexibility index (Phi) is 5.33. The Morgan fingerprint density at radius 1 is 1.32 bits per heavy atom. The minimum Gasteiger partial charge on any atom is -0.478 e. The molecule has 0 aliphatic rings. The molecule has 0 saturated heterocycles. The summed E-state index contributed by atoms with van der Waals surface area (Å²) in [6, 6.07) is 3.31. The highest BCUT2D eigenvalue weighted by Gasteiger charge is 2.13. The second kappa shape index (κ2) is 6.55. The second-order valence-electron chi connectivity index (χ2n) is 5.70. The van der Waals surface area contributed by atoms with Gasteiger partial charge in [0.1, 0.15) is 5.82 Å². The van der Waals surface area contributed by atoms with Crippen molar-refractivity contribution in [3.63, 3.8) is 0 Å². The molecule has 4 heteroatoms. The zero-order valence-corrected chi connectivity index (χ0v) is 12.5. The van der Waals surface area contributed by atoms with E-state index in [1.165, 1.54) is 0 Å². The van der Waals surface area contributed by atoms with Crippen molar-refractivity contribution in [1.29, 1.82) is 0 Å². The lowest BCUT2D eigenvalue weighted by molar-refractivity contribution is 0.0696. The Hall–Kier alpha value is -1.58. The van der Waals surface area contributed by atoms with Gasteiger partial charge < -0.3 is 10.0 Å². The molecule has 106 valence electrons. The number of carboxylic acid groups (broad SMARTS) is 1. The fraction of sp³-hybridized carbons (Fsp3) is 0.600. The molecule has 0 spiro atoms. The van der Waals surface area contributed by atoms with Gasteiger partial charge in [0.05, 0.1) is 5.56 Å². The number of hydrogen-bond acceptors (Lipinski definition) is 3. The number of anilines is 1. The summed E-state index contributed by atoms with van der Waals surface area (Å²) < 4.78 is 0. The molecule has 0 fully saturated rings. The summed E-state index contributed by atoms with van der Waals surface area (Å²) in [4.78, 5) is 17.8. The quantitative estimate of drug-likeness (QED) is 0.855. The van der Waals surface area contributed by atoms with Crippen LogP contribution in [-0.4, -0.2) is 29.7 Å². The number of carbonyl (C=O) groups is 1. The van der Waals surface area contributed by atoms with Gasteiger partial charge in [0.2, 0.25) is 0 Å². The van der Waals surface area contributed by atoms with Crippen molar-refractivity contribution in [2.24, 2.45) is 5.92 Å². The summed E-state index contributed by atoms with van der Waals surface area (Å²) in [5.74, 6) is 0.679. The molecule has 1 heterocycles. The van der Waals surface area contributed by atoms with Crippen LogP contribution in [0.2, 0.25) is 0 Å². The van der Waals surface area contributed by atoms with Crippen molar-refractivity contribution < 1.29 is 9.90 Å². The van der Waals surface area contributed by atoms with Gasteiger partial charge in [0.15, 0.2) is 0 Å². The first-order valence-corrected chi connectivity index (χ1v) is 6.77. The predicted octanol–water partition coefficient (Wildman–Crippen LogP) is 3.39. The van der Waals surface area contributed by atoms with Gasteiger partial charge in [0.25, 0.3) is 0 Å². The zero-order valence-electron chi connectivity index (χ0n) is 12.5. The van der Waals surface area contributed by atoms with Gasteiger partial charge in [-0.3, -0.25) is 0 Å². The Labute approximate surface area is 115 Å². The molecule has 0 aliphatic carbocycles. The molecular formula is C15H24N2O2. The van der Waals surface area contributed by atoms with Gasteiger partial charge in [-0.25, -0.2) is 9.78 Å². The highest BCUT2D eigenvalue weighted by atomic mass is 16.4. The van der Waals surface area contributed by atoms with Gasteiger partial charge in [-0.2, -0.15) is 0 Å². The molecular weight excluding hydrogens is 240 g/mol. The number of pyridine rings is 1. The third-order valence-electron chi connectivity index (χ3n) is 3.10. The van der Waals surface area contributed by atoms with Crippen molar-refractivity contribution in [2.75, 3.05) is 18.5 Å². The summed E-state index contributed by atoms with van der Waals surface area (Å²) in [6.45, 7) is 9.27. The standard InChI is InChI=1S/C15H24N2O2/c1-10(2)6-7-17(5)14-9-12(15(18)19)8-13(16-14)11(3)4/h8-11H,6-7H2,1-5H3,(H,18,19). The largest absolute Gasteiger partial charge is 0.478 e. The van der Waals surface area contributed by atoms with E-state index >= 15 is 0 Å². The summed E-state index contributed by atoms with van der Waals surface area (Å²) in [5.41, 5.74) is 1.14. The lowest BCUT2D eigenvalue weighted by Crippen LogP contribution is -2.22. The lowest BCUT2D eigenvalue weighted by Gasteiger charge is -2.21. The highest BCUT2D eigenvalue weighted by molar-refractivity contribution is 5.88. The van der Waals surface area contributed by atoms with Crippen molar-refractivity contribution in [1.82, 2.24) is 4.98 Å². The van der Waals surface area contributed by atoms with E-state index in [2.05, 4.69) is 18.8 Å². The summed E-state index contributed by atoms with van der Waals surface area (Å²) in [5, 5.41) is 9.17. The van der Waals surface area contributed by atoms with Gasteiger partial charge in [-0.15, -0.1) is 0 Å². The van der Waals surface area contributed by atoms with Gasteiger partial charge in [-0.1, -0.05) is 27.7 Å². The van der Waals surface area contributed by atoms with Crippen LogP contribution >= 0.6 is 0 Å². The van der Waals surface area contributed by atoms with Crippen LogP contribution in [0.25, 0.3) is 0 Å². The number of aromatic carboxylic acids is 1. The molecule has 1 aromatic rings. The van der Waals surface area contributed by atoms with Crippen LogP contribution in [0, 0.1) is 5.92 Å². The fourth-order valence-electron chi connectivity index (χ4n) is 1.72. The van der Waals surface area contributed by atoms with Crippen LogP contribution in [-0.2, 0) is 0 Å². The molecule has 0 amide bonds. The molecule has 1 N–H and O–H groups in total. The molecule has 0 aromatic carbocycles. The SMILES string of the molecule is CC(C)CCN(C)c1cc(C(=O)O)cc(C(C)C)n1. The van der Waals surface area contributed by atoms with Gasteiger partial charge >= 0.3 is 5.97 Å². The van der Waals surface area contributed by atoms with Gasteiger partial charge in [0, 0.05) is 19.3 Å². The number of carboxylic acids is 1. The number of hydrogen-bond donors (Lipinski definition) is 1. The van der Waals surface area contributed by atoms with Crippen LogP contribution in [0.3, 0.4) is 0 Å². The van der Waals surface area contributed by atoms with Crippen LogP contribution in [0.4, 0.5) is 5.82 Å². The minimum absolute atomic E-state index is 0.219. The van der Waals surface area contributed by atoms with E-state index < -0.39 is 5.97 Å². The van der Waals surface area contributed by atoms with Crippen LogP contribution < -0.4 is 4.90 Å². The molecule has 0 radical (unpaired) electrons. The second-order valence-corrected chi connectivity index (χ2v) is 5.70. The smallest absolute Gasteiger partial charge is 0.335 e. The average molecular weight is 264 g/mol. The molecule has 4 nitrogen and oxygen atoms in total. The first-order valence-electron chi connectivity index (χ1n) is 6.77. The first-order chi connectivity index (χ1) is 8.81. The van der Waals surface area contributed by atoms with E-state index in [9.17, 15) is 4.79 Å². The van der Waals surface area contributed by atoms with E-state index in [-0.39, 0.29) is 5.92 Å². The maximum Gasteiger partial charge on any atom is 0.335 e. The lowest BCUT2D eigenvalue weighted by atomic mass is 10.1. The Morgan fingerprint density at radius 2 is 1.95 bits per heavy atom. The Morgan fingerprint density at radius 3 is 2.42 bits per heavy atom. The summed E-state index contributed by atoms with van der Waals surface area (Å²) in [6.07, 6.45) is 1.06. The van der Waals surface area contributed by atoms with E-state index in [1.807, 2.05) is 25.8 Å². The number of rotatable bonds is 6. The average Bonchev–Trinajstić information content (AvgIpc) is 2.35. The molecule has 19 heavy (non-hydrogen) atoms. The fourth-order valence-corrected chi connectivity index (χ4v) is 1.72. The summed E-state index contributed by atoms with van der Waals surface area (Å²) >= 11 is 0. The van der Waals surface area contributed by atoms with Crippen LogP contribution in [0.5, 0.6) is 0 Å². The van der Waals surface area contributed by atoms with Crippen molar-refractivity contribution >= 4 is 11.8 Å². The molecule has 0 unspecified atom stereocenters. The van der Waals surface area contributed by atoms with E-state index in [1.54, 1.807) is 12.1 Å². The highest BCUT2D eigenvalue weighted by Crippen LogP contribution is 2.20. The third-order valence-corrected chi connectivity index (χ3v) is 3.10.